The van der Waals surface area contributed by atoms with Gasteiger partial charge in [0.1, 0.15) is 17.7 Å². The molecule has 1 aliphatic heterocycles. The van der Waals surface area contributed by atoms with Gasteiger partial charge in [-0.1, -0.05) is 5.92 Å². The summed E-state index contributed by atoms with van der Waals surface area (Å²) in [6, 6.07) is 0.0657. The summed E-state index contributed by atoms with van der Waals surface area (Å²) >= 11 is 0. The molecule has 0 aromatic carbocycles. The minimum Gasteiger partial charge on any atom is -0.453 e. The van der Waals surface area contributed by atoms with E-state index in [2.05, 4.69) is 32.1 Å². The van der Waals surface area contributed by atoms with Gasteiger partial charge in [0.15, 0.2) is 23.8 Å². The number of aliphatic hydroxyl groups is 3. The number of carbonyl (C=O) groups excluding carboxylic acids is 2. The van der Waals surface area contributed by atoms with E-state index in [1.165, 1.54) is 22.9 Å². The summed E-state index contributed by atoms with van der Waals surface area (Å²) in [5, 5.41) is 32.7. The van der Waals surface area contributed by atoms with Gasteiger partial charge in [-0.05, 0) is 25.2 Å². The molecule has 1 aliphatic carbocycles. The first-order valence-corrected chi connectivity index (χ1v) is 11.1. The molecule has 2 aromatic heterocycles. The number of carbonyl (C=O) groups is 2. The Morgan fingerprint density at radius 1 is 1.34 bits per heavy atom. The maximum absolute atomic E-state index is 12.4. The highest BCUT2D eigenvalue weighted by atomic mass is 16.6. The maximum atomic E-state index is 12.4. The van der Waals surface area contributed by atoms with Gasteiger partial charge in [-0.25, -0.2) is 19.7 Å². The first-order valence-electron chi connectivity index (χ1n) is 11.1. The summed E-state index contributed by atoms with van der Waals surface area (Å²) in [5.41, 5.74) is 6.43. The van der Waals surface area contributed by atoms with Crippen molar-refractivity contribution in [1.29, 1.82) is 0 Å². The van der Waals surface area contributed by atoms with Crippen molar-refractivity contribution in [2.75, 3.05) is 32.5 Å². The molecule has 2 fully saturated rings. The molecule has 3 heterocycles. The Hall–Kier alpha value is -3.51. The van der Waals surface area contributed by atoms with Gasteiger partial charge in [0.2, 0.25) is 5.82 Å². The quantitative estimate of drug-likeness (QED) is 0.272. The Labute approximate surface area is 200 Å². The van der Waals surface area contributed by atoms with Crippen LogP contribution in [0, 0.1) is 11.8 Å². The van der Waals surface area contributed by atoms with Crippen molar-refractivity contribution in [2.24, 2.45) is 0 Å². The number of methoxy groups -OCH3 is 1. The minimum atomic E-state index is -1.45. The number of imidazole rings is 1. The molecule has 4 atom stereocenters. The van der Waals surface area contributed by atoms with Crippen molar-refractivity contribution < 1.29 is 34.4 Å². The first kappa shape index (κ1) is 24.6. The van der Waals surface area contributed by atoms with Crippen LogP contribution in [0.3, 0.4) is 0 Å². The number of nitrogens with one attached hydrogen (secondary N) is 1. The van der Waals surface area contributed by atoms with Crippen LogP contribution in [-0.2, 0) is 14.3 Å². The topological polar surface area (TPSA) is 198 Å². The number of anilines is 1. The van der Waals surface area contributed by atoms with E-state index in [0.29, 0.717) is 6.42 Å². The molecule has 6 N–H and O–H groups in total. The van der Waals surface area contributed by atoms with Crippen molar-refractivity contribution >= 4 is 29.0 Å². The van der Waals surface area contributed by atoms with Crippen LogP contribution in [0.15, 0.2) is 6.33 Å². The number of nitrogens with zero attached hydrogens (tertiary/aromatic N) is 5. The van der Waals surface area contributed by atoms with Crippen molar-refractivity contribution in [2.45, 2.75) is 49.8 Å². The number of amides is 2. The molecule has 2 aromatic rings. The van der Waals surface area contributed by atoms with Crippen LogP contribution in [0.2, 0.25) is 0 Å². The van der Waals surface area contributed by atoms with E-state index in [1.807, 2.05) is 0 Å². The largest absolute Gasteiger partial charge is 0.453 e. The van der Waals surface area contributed by atoms with Crippen LogP contribution in [-0.4, -0.2) is 103 Å². The third-order valence-electron chi connectivity index (χ3n) is 5.63. The van der Waals surface area contributed by atoms with Crippen molar-refractivity contribution in [1.82, 2.24) is 29.7 Å². The van der Waals surface area contributed by atoms with Gasteiger partial charge in [0.05, 0.1) is 20.0 Å². The summed E-state index contributed by atoms with van der Waals surface area (Å²) < 4.78 is 11.8. The predicted octanol–water partition coefficient (Wildman–Crippen LogP) is -1.89. The van der Waals surface area contributed by atoms with Gasteiger partial charge in [-0.15, -0.1) is 0 Å². The molecule has 0 radical (unpaired) electrons. The van der Waals surface area contributed by atoms with Crippen molar-refractivity contribution in [3.63, 3.8) is 0 Å². The number of aliphatic hydroxyl groups excluding tert-OH is 3. The molecule has 4 unspecified atom stereocenters. The fourth-order valence-corrected chi connectivity index (χ4v) is 3.64. The van der Waals surface area contributed by atoms with E-state index in [-0.39, 0.29) is 48.5 Å². The smallest absolute Gasteiger partial charge is 0.410 e. The fourth-order valence-electron chi connectivity index (χ4n) is 3.64. The van der Waals surface area contributed by atoms with Gasteiger partial charge < -0.3 is 35.8 Å². The Bertz CT molecular complexity index is 1160. The molecule has 35 heavy (non-hydrogen) atoms. The van der Waals surface area contributed by atoms with Crippen molar-refractivity contribution in [3.8, 4) is 11.8 Å². The lowest BCUT2D eigenvalue weighted by Crippen LogP contribution is -2.43. The minimum absolute atomic E-state index is 0.00165. The maximum Gasteiger partial charge on any atom is 0.410 e. The molecular weight excluding hydrogens is 462 g/mol. The number of nitrogens with two attached hydrogens (primary N) is 1. The molecule has 4 rings (SSSR count). The monoisotopic (exact) mass is 489 g/mol. The highest BCUT2D eigenvalue weighted by Crippen LogP contribution is 2.33. The van der Waals surface area contributed by atoms with Crippen LogP contribution in [0.25, 0.3) is 11.2 Å². The number of hydrogen-bond acceptors (Lipinski definition) is 11. The molecule has 1 saturated heterocycles. The van der Waals surface area contributed by atoms with Gasteiger partial charge in [0, 0.05) is 19.2 Å². The molecule has 0 spiro atoms. The van der Waals surface area contributed by atoms with Crippen LogP contribution in [0.1, 0.15) is 31.3 Å². The zero-order valence-corrected chi connectivity index (χ0v) is 19.0. The number of fused-ring (bicyclic) bond motifs is 1. The lowest BCUT2D eigenvalue weighted by atomic mass is 10.1. The summed E-state index contributed by atoms with van der Waals surface area (Å²) in [6.45, 7) is 0.164. The van der Waals surface area contributed by atoms with Crippen LogP contribution in [0.4, 0.5) is 10.6 Å². The molecule has 1 saturated carbocycles. The third-order valence-corrected chi connectivity index (χ3v) is 5.63. The van der Waals surface area contributed by atoms with E-state index in [0.717, 1.165) is 12.8 Å². The van der Waals surface area contributed by atoms with Crippen LogP contribution >= 0.6 is 0 Å². The lowest BCUT2D eigenvalue weighted by molar-refractivity contribution is -0.137. The van der Waals surface area contributed by atoms with E-state index < -0.39 is 36.5 Å². The van der Waals surface area contributed by atoms with E-state index in [1.54, 1.807) is 0 Å². The Kier molecular flexibility index (Phi) is 7.31. The summed E-state index contributed by atoms with van der Waals surface area (Å²) in [4.78, 5) is 38.2. The van der Waals surface area contributed by atoms with Gasteiger partial charge >= 0.3 is 6.09 Å². The average Bonchev–Trinajstić information content (AvgIpc) is 3.48. The summed E-state index contributed by atoms with van der Waals surface area (Å²) in [5.74, 6) is 5.05. The van der Waals surface area contributed by atoms with Crippen molar-refractivity contribution in [3.05, 3.63) is 12.2 Å². The normalized spacial score (nSPS) is 23.5. The predicted molar refractivity (Wildman–Crippen MR) is 119 cm³/mol. The molecule has 188 valence electrons. The van der Waals surface area contributed by atoms with Crippen LogP contribution in [0.5, 0.6) is 0 Å². The summed E-state index contributed by atoms with van der Waals surface area (Å²) in [6.07, 6.45) is -2.44. The molecule has 0 bridgehead atoms. The fraction of sp³-hybridized carbons (Fsp3) is 0.571. The zero-order chi connectivity index (χ0) is 25.1. The second-order valence-corrected chi connectivity index (χ2v) is 8.24. The molecule has 2 amide bonds. The highest BCUT2D eigenvalue weighted by molar-refractivity contribution is 5.83. The first-order chi connectivity index (χ1) is 16.8. The molecule has 2 aliphatic rings. The average molecular weight is 489 g/mol. The van der Waals surface area contributed by atoms with Gasteiger partial charge in [-0.2, -0.15) is 0 Å². The lowest BCUT2D eigenvalue weighted by Gasteiger charge is -2.17. The van der Waals surface area contributed by atoms with Gasteiger partial charge in [-0.3, -0.25) is 14.3 Å². The zero-order valence-electron chi connectivity index (χ0n) is 19.0. The van der Waals surface area contributed by atoms with E-state index in [9.17, 15) is 19.8 Å². The number of rotatable bonds is 7. The number of nitrogen functional groups attached to an aromatic ring is 1. The highest BCUT2D eigenvalue weighted by Gasteiger charge is 2.48. The Balaban J connectivity index is 1.56. The Morgan fingerprint density at radius 2 is 2.11 bits per heavy atom. The Morgan fingerprint density at radius 3 is 2.80 bits per heavy atom. The standard InChI is InChI=1S/C21H27N7O7/c1-34-21(33)27(8-3-9-29)7-2-4-12-25-17(22)13-18(26-12)28(10-23-13)20-15(31)14(30)16(35-20)19(32)24-11-5-6-11/h10-11,14-16,20,29-31H,3,5-9H2,1H3,(H,24,32)(H2,22,25,26). The third kappa shape index (κ3) is 5.28. The van der Waals surface area contributed by atoms with E-state index >= 15 is 0 Å². The SMILES string of the molecule is COC(=O)N(CC#Cc1nc(N)c2ncn(C3OC(C(=O)NC4CC4)C(O)C3O)c2n1)CCCO. The van der Waals surface area contributed by atoms with Gasteiger partial charge in [0.25, 0.3) is 5.91 Å². The van der Waals surface area contributed by atoms with E-state index in [4.69, 9.17) is 20.3 Å². The molecular formula is C21H27N7O7. The number of aromatic nitrogens is 4. The number of hydrogen-bond donors (Lipinski definition) is 5. The summed E-state index contributed by atoms with van der Waals surface area (Å²) in [7, 11) is 1.25. The molecule has 14 nitrogen and oxygen atoms in total. The van der Waals surface area contributed by atoms with Crippen LogP contribution < -0.4 is 11.1 Å². The second kappa shape index (κ2) is 10.4. The second-order valence-electron chi connectivity index (χ2n) is 8.24. The molecule has 14 heteroatoms. The number of ether oxygens (including phenoxy) is 2.